The van der Waals surface area contributed by atoms with Gasteiger partial charge >= 0.3 is 6.09 Å². The van der Waals surface area contributed by atoms with Gasteiger partial charge < -0.3 is 29.2 Å². The third-order valence-electron chi connectivity index (χ3n) is 9.39. The van der Waals surface area contributed by atoms with Gasteiger partial charge in [0.25, 0.3) is 5.91 Å². The fraction of sp³-hybridized carbons (Fsp3) is 0.371. The number of benzene rings is 3. The third kappa shape index (κ3) is 6.20. The fourth-order valence-corrected chi connectivity index (χ4v) is 9.28. The Morgan fingerprint density at radius 2 is 1.96 bits per heavy atom. The van der Waals surface area contributed by atoms with Crippen molar-refractivity contribution < 1.29 is 24.0 Å². The van der Waals surface area contributed by atoms with Gasteiger partial charge in [-0.05, 0) is 41.6 Å². The molecule has 46 heavy (non-hydrogen) atoms. The van der Waals surface area contributed by atoms with Crippen molar-refractivity contribution in [2.45, 2.75) is 31.2 Å². The second kappa shape index (κ2) is 13.4. The maximum Gasteiger partial charge on any atom is 0.415 e. The highest BCUT2D eigenvalue weighted by molar-refractivity contribution is 8.76. The van der Waals surface area contributed by atoms with E-state index < -0.39 is 6.09 Å². The number of carbonyl (C=O) groups excluding carboxylic acids is 2. The largest absolute Gasteiger partial charge is 0.493 e. The number of nitrogens with zero attached hydrogens (tertiary/aromatic N) is 2. The lowest BCUT2D eigenvalue weighted by Crippen LogP contribution is -3.17. The molecule has 0 spiro atoms. The number of amides is 2. The number of fused-ring (bicyclic) bond motifs is 4. The average Bonchev–Trinajstić information content (AvgIpc) is 3.66. The van der Waals surface area contributed by atoms with Gasteiger partial charge in [-0.15, -0.1) is 0 Å². The molecule has 0 radical (unpaired) electrons. The standard InChI is InChI=1S/C35H37ClN4O4S2/c1-22(36)28-20-40(34(41)30-18-23-17-25(9-10-29(23)37-30)43-15-6-14-39-12-5-13-39)31-19-32(26-7-3-4-8-27(26)33(28)31)44-35(42)38(2)24-11-16-45-46-21-24/h3-4,7-10,17-19,24,28,37H,1,5-6,11-16,20-21H2,2H3/p+1/t24-,28-/m0/s1. The minimum absolute atomic E-state index is 0.112. The minimum atomic E-state index is -0.410. The quantitative estimate of drug-likeness (QED) is 0.156. The highest BCUT2D eigenvalue weighted by Crippen LogP contribution is 2.48. The Balaban J connectivity index is 1.17. The molecule has 0 bridgehead atoms. The summed E-state index contributed by atoms with van der Waals surface area (Å²) in [6, 6.07) is 17.4. The Bertz CT molecular complexity index is 1800. The van der Waals surface area contributed by atoms with Crippen molar-refractivity contribution in [2.75, 3.05) is 56.2 Å². The summed E-state index contributed by atoms with van der Waals surface area (Å²) >= 11 is 6.59. The lowest BCUT2D eigenvalue weighted by molar-refractivity contribution is -0.939. The van der Waals surface area contributed by atoms with E-state index in [1.54, 1.807) is 32.5 Å². The fourth-order valence-electron chi connectivity index (χ4n) is 6.57. The Labute approximate surface area is 281 Å². The molecule has 240 valence electrons. The van der Waals surface area contributed by atoms with Crippen molar-refractivity contribution in [2.24, 2.45) is 0 Å². The summed E-state index contributed by atoms with van der Waals surface area (Å²) < 4.78 is 12.1. The van der Waals surface area contributed by atoms with E-state index in [-0.39, 0.29) is 17.9 Å². The van der Waals surface area contributed by atoms with Crippen molar-refractivity contribution in [3.05, 3.63) is 77.5 Å². The smallest absolute Gasteiger partial charge is 0.415 e. The lowest BCUT2D eigenvalue weighted by atomic mass is 9.94. The molecule has 4 aromatic rings. The Kier molecular flexibility index (Phi) is 9.14. The molecular formula is C35H38ClN4O4S2+. The highest BCUT2D eigenvalue weighted by atomic mass is 35.5. The molecule has 2 N–H and O–H groups in total. The molecule has 4 heterocycles. The maximum absolute atomic E-state index is 14.2. The molecule has 2 fully saturated rings. The number of likely N-dealkylation sites (tertiary alicyclic amines) is 1. The van der Waals surface area contributed by atoms with Gasteiger partial charge in [0.05, 0.1) is 31.9 Å². The molecule has 0 saturated carbocycles. The van der Waals surface area contributed by atoms with Crippen LogP contribution in [0.4, 0.5) is 10.5 Å². The number of rotatable bonds is 9. The van der Waals surface area contributed by atoms with Crippen LogP contribution in [-0.4, -0.2) is 79.3 Å². The molecule has 11 heteroatoms. The number of ether oxygens (including phenoxy) is 2. The van der Waals surface area contributed by atoms with Crippen LogP contribution in [0.15, 0.2) is 66.2 Å². The van der Waals surface area contributed by atoms with E-state index in [1.807, 2.05) is 65.4 Å². The van der Waals surface area contributed by atoms with E-state index in [2.05, 4.69) is 11.6 Å². The number of halogens is 1. The van der Waals surface area contributed by atoms with Crippen LogP contribution in [0, 0.1) is 0 Å². The average molecular weight is 678 g/mol. The zero-order valence-electron chi connectivity index (χ0n) is 25.9. The minimum Gasteiger partial charge on any atom is -0.493 e. The Hall–Kier alpha value is -3.31. The summed E-state index contributed by atoms with van der Waals surface area (Å²) in [4.78, 5) is 35.9. The number of anilines is 1. The maximum atomic E-state index is 14.2. The van der Waals surface area contributed by atoms with E-state index in [0.717, 1.165) is 63.9 Å². The lowest BCUT2D eigenvalue weighted by Gasteiger charge is -2.29. The second-order valence-electron chi connectivity index (χ2n) is 12.3. The first kappa shape index (κ1) is 31.3. The van der Waals surface area contributed by atoms with E-state index in [0.29, 0.717) is 35.3 Å². The molecule has 3 aromatic carbocycles. The van der Waals surface area contributed by atoms with Crippen molar-refractivity contribution in [3.63, 3.8) is 0 Å². The number of aromatic nitrogens is 1. The first-order chi connectivity index (χ1) is 22.4. The molecule has 8 nitrogen and oxygen atoms in total. The number of aromatic amines is 1. The number of quaternary nitrogens is 1. The van der Waals surface area contributed by atoms with Crippen molar-refractivity contribution >= 4 is 72.6 Å². The van der Waals surface area contributed by atoms with Gasteiger partial charge in [0.1, 0.15) is 17.2 Å². The number of hydrogen-bond acceptors (Lipinski definition) is 6. The molecular weight excluding hydrogens is 640 g/mol. The summed E-state index contributed by atoms with van der Waals surface area (Å²) in [5.41, 5.74) is 2.88. The molecule has 0 unspecified atom stereocenters. The molecule has 3 aliphatic heterocycles. The predicted molar refractivity (Wildman–Crippen MR) is 189 cm³/mol. The van der Waals surface area contributed by atoms with Gasteiger partial charge in [-0.25, -0.2) is 4.79 Å². The van der Waals surface area contributed by atoms with Crippen LogP contribution in [-0.2, 0) is 0 Å². The molecule has 7 rings (SSSR count). The summed E-state index contributed by atoms with van der Waals surface area (Å²) in [7, 11) is 5.41. The van der Waals surface area contributed by atoms with E-state index >= 15 is 0 Å². The number of nitrogens with one attached hydrogen (secondary N) is 2. The van der Waals surface area contributed by atoms with Gasteiger partial charge in [0.15, 0.2) is 0 Å². The number of carbonyl (C=O) groups is 2. The normalized spacial score (nSPS) is 19.6. The topological polar surface area (TPSA) is 79.3 Å². The molecule has 2 atom stereocenters. The van der Waals surface area contributed by atoms with Crippen LogP contribution in [0.2, 0.25) is 0 Å². The molecule has 1 aromatic heterocycles. The molecule has 0 aliphatic carbocycles. The molecule has 3 aliphatic rings. The SMILES string of the molecule is C=C(Cl)[C@@H]1CN(C(=O)c2cc3cc(OCCC[NH+]4CCC4)ccc3[nH]2)c2cc(OC(=O)N(C)[C@H]3CCSSC3)c3ccccc3c21. The van der Waals surface area contributed by atoms with Gasteiger partial charge in [0, 0.05) is 77.3 Å². The summed E-state index contributed by atoms with van der Waals surface area (Å²) in [5, 5.41) is 3.03. The summed E-state index contributed by atoms with van der Waals surface area (Å²) in [5.74, 6) is 2.59. The van der Waals surface area contributed by atoms with Crippen molar-refractivity contribution in [3.8, 4) is 11.5 Å². The highest BCUT2D eigenvalue weighted by Gasteiger charge is 2.37. The van der Waals surface area contributed by atoms with Gasteiger partial charge in [-0.3, -0.25) is 4.79 Å². The number of hydrogen-bond donors (Lipinski definition) is 2. The summed E-state index contributed by atoms with van der Waals surface area (Å²) in [6.07, 6.45) is 2.86. The molecule has 2 saturated heterocycles. The van der Waals surface area contributed by atoms with E-state index in [4.69, 9.17) is 21.1 Å². The summed E-state index contributed by atoms with van der Waals surface area (Å²) in [6.45, 7) is 8.75. The van der Waals surface area contributed by atoms with Gasteiger partial charge in [0.2, 0.25) is 0 Å². The monoisotopic (exact) mass is 677 g/mol. The van der Waals surface area contributed by atoms with Gasteiger partial charge in [-0.2, -0.15) is 0 Å². The van der Waals surface area contributed by atoms with Gasteiger partial charge in [-0.1, -0.05) is 64.0 Å². The van der Waals surface area contributed by atoms with Crippen LogP contribution in [0.5, 0.6) is 11.5 Å². The van der Waals surface area contributed by atoms with Crippen LogP contribution in [0.1, 0.15) is 41.2 Å². The Morgan fingerprint density at radius 3 is 2.70 bits per heavy atom. The van der Waals surface area contributed by atoms with Crippen LogP contribution < -0.4 is 19.3 Å². The molecule has 2 amide bonds. The van der Waals surface area contributed by atoms with E-state index in [9.17, 15) is 9.59 Å². The van der Waals surface area contributed by atoms with E-state index in [1.165, 1.54) is 19.5 Å². The van der Waals surface area contributed by atoms with Crippen LogP contribution in [0.3, 0.4) is 0 Å². The first-order valence-corrected chi connectivity index (χ1v) is 18.7. The first-order valence-electron chi connectivity index (χ1n) is 15.9. The van der Waals surface area contributed by atoms with Crippen LogP contribution >= 0.6 is 33.2 Å². The Morgan fingerprint density at radius 1 is 1.13 bits per heavy atom. The van der Waals surface area contributed by atoms with Crippen molar-refractivity contribution in [1.29, 1.82) is 0 Å². The van der Waals surface area contributed by atoms with Crippen molar-refractivity contribution in [1.82, 2.24) is 9.88 Å². The zero-order chi connectivity index (χ0) is 31.8. The third-order valence-corrected chi connectivity index (χ3v) is 12.2. The predicted octanol–water partition coefficient (Wildman–Crippen LogP) is 6.46. The van der Waals surface area contributed by atoms with Crippen LogP contribution in [0.25, 0.3) is 21.7 Å². The second-order valence-corrected chi connectivity index (χ2v) is 15.4. The zero-order valence-corrected chi connectivity index (χ0v) is 28.2. The number of H-pyrrole nitrogens is 1.